The first-order chi connectivity index (χ1) is 11.3. The summed E-state index contributed by atoms with van der Waals surface area (Å²) in [5.41, 5.74) is 2.71. The van der Waals surface area contributed by atoms with Gasteiger partial charge in [0, 0.05) is 30.9 Å². The molecular formula is C16H18N5O2+. The van der Waals surface area contributed by atoms with Crippen molar-refractivity contribution in [2.45, 2.75) is 0 Å². The molecular weight excluding hydrogens is 294 g/mol. The van der Waals surface area contributed by atoms with Gasteiger partial charge in [-0.3, -0.25) is 0 Å². The van der Waals surface area contributed by atoms with E-state index in [1.165, 1.54) is 0 Å². The van der Waals surface area contributed by atoms with Crippen LogP contribution in [-0.4, -0.2) is 36.5 Å². The number of nitrogens with zero attached hydrogens (tertiary/aromatic N) is 5. The Bertz CT molecular complexity index is 671. The summed E-state index contributed by atoms with van der Waals surface area (Å²) in [4.78, 5) is 4.96. The van der Waals surface area contributed by atoms with Gasteiger partial charge in [0.2, 0.25) is 5.39 Å². The quantitative estimate of drug-likeness (QED) is 0.605. The minimum atomic E-state index is 0.0254. The van der Waals surface area contributed by atoms with Crippen LogP contribution < -0.4 is 4.90 Å². The van der Waals surface area contributed by atoms with Crippen molar-refractivity contribution in [3.05, 3.63) is 53.5 Å². The number of benzene rings is 2. The van der Waals surface area contributed by atoms with Crippen LogP contribution in [0.15, 0.2) is 58.8 Å². The number of aliphatic hydroxyl groups is 2. The molecule has 0 saturated heterocycles. The summed E-state index contributed by atoms with van der Waals surface area (Å²) < 4.78 is 0. The highest BCUT2D eigenvalue weighted by atomic mass is 16.3. The average molecular weight is 312 g/mol. The molecule has 0 amide bonds. The van der Waals surface area contributed by atoms with Crippen LogP contribution in [0.5, 0.6) is 0 Å². The lowest BCUT2D eigenvalue weighted by atomic mass is 10.2. The molecule has 0 aliphatic rings. The van der Waals surface area contributed by atoms with Gasteiger partial charge in [0.05, 0.1) is 24.6 Å². The molecule has 2 aromatic rings. The van der Waals surface area contributed by atoms with Crippen molar-refractivity contribution in [1.29, 1.82) is 5.39 Å². The Morgan fingerprint density at radius 2 is 1.30 bits per heavy atom. The summed E-state index contributed by atoms with van der Waals surface area (Å²) in [5.74, 6) is 0. The van der Waals surface area contributed by atoms with E-state index in [1.807, 2.05) is 29.2 Å². The van der Waals surface area contributed by atoms with Crippen molar-refractivity contribution >= 4 is 22.7 Å². The number of rotatable bonds is 7. The maximum Gasteiger partial charge on any atom is 0.385 e. The summed E-state index contributed by atoms with van der Waals surface area (Å²) in [7, 11) is 0. The molecule has 118 valence electrons. The van der Waals surface area contributed by atoms with Crippen molar-refractivity contribution < 1.29 is 10.2 Å². The normalized spacial score (nSPS) is 10.7. The minimum Gasteiger partial charge on any atom is -0.395 e. The predicted molar refractivity (Wildman–Crippen MR) is 88.2 cm³/mol. The number of diazo groups is 1. The number of anilines is 1. The van der Waals surface area contributed by atoms with Gasteiger partial charge in [0.25, 0.3) is 0 Å². The maximum absolute atomic E-state index is 9.05. The highest BCUT2D eigenvalue weighted by Gasteiger charge is 2.05. The summed E-state index contributed by atoms with van der Waals surface area (Å²) in [5, 5.41) is 35.0. The summed E-state index contributed by atoms with van der Waals surface area (Å²) in [6, 6.07) is 14.1. The second kappa shape index (κ2) is 8.58. The van der Waals surface area contributed by atoms with Crippen LogP contribution in [0.2, 0.25) is 0 Å². The van der Waals surface area contributed by atoms with Gasteiger partial charge in [0.15, 0.2) is 4.98 Å². The zero-order valence-electron chi connectivity index (χ0n) is 12.6. The Morgan fingerprint density at radius 3 is 1.74 bits per heavy atom. The topological polar surface area (TPSA) is 96.6 Å². The number of hydrogen-bond donors (Lipinski definition) is 2. The smallest absolute Gasteiger partial charge is 0.385 e. The molecule has 0 heterocycles. The van der Waals surface area contributed by atoms with Crippen molar-refractivity contribution in [3.8, 4) is 0 Å². The van der Waals surface area contributed by atoms with Gasteiger partial charge in [-0.25, -0.2) is 0 Å². The van der Waals surface area contributed by atoms with Crippen LogP contribution in [0.4, 0.5) is 22.7 Å². The molecule has 0 aliphatic heterocycles. The van der Waals surface area contributed by atoms with Crippen molar-refractivity contribution in [2.24, 2.45) is 10.2 Å². The molecule has 0 fully saturated rings. The Balaban J connectivity index is 2.06. The fourth-order valence-electron chi connectivity index (χ4n) is 2.04. The standard InChI is InChI=1S/C16H18N5O2/c17-18-13-1-3-14(4-2-13)19-20-15-5-7-16(8-6-15)21(9-11-22)10-12-23/h1-8,22-23H,9-12H2/q+1/b20-19+. The monoisotopic (exact) mass is 312 g/mol. The van der Waals surface area contributed by atoms with Crippen LogP contribution in [0.3, 0.4) is 0 Å². The van der Waals surface area contributed by atoms with Crippen LogP contribution in [-0.2, 0) is 0 Å². The van der Waals surface area contributed by atoms with Crippen LogP contribution in [0.1, 0.15) is 0 Å². The van der Waals surface area contributed by atoms with E-state index < -0.39 is 0 Å². The highest BCUT2D eigenvalue weighted by molar-refractivity contribution is 5.54. The van der Waals surface area contributed by atoms with E-state index in [0.29, 0.717) is 30.2 Å². The fourth-order valence-corrected chi connectivity index (χ4v) is 2.04. The molecule has 2 N–H and O–H groups in total. The molecule has 0 saturated carbocycles. The van der Waals surface area contributed by atoms with Gasteiger partial charge in [-0.15, -0.1) is 0 Å². The molecule has 23 heavy (non-hydrogen) atoms. The van der Waals surface area contributed by atoms with Crippen molar-refractivity contribution in [1.82, 2.24) is 0 Å². The zero-order chi connectivity index (χ0) is 16.5. The second-order valence-corrected chi connectivity index (χ2v) is 4.77. The largest absolute Gasteiger partial charge is 0.395 e. The van der Waals surface area contributed by atoms with E-state index in [-0.39, 0.29) is 13.2 Å². The highest BCUT2D eigenvalue weighted by Crippen LogP contribution is 2.23. The van der Waals surface area contributed by atoms with Crippen molar-refractivity contribution in [3.63, 3.8) is 0 Å². The van der Waals surface area contributed by atoms with Gasteiger partial charge < -0.3 is 15.1 Å². The van der Waals surface area contributed by atoms with Crippen LogP contribution >= 0.6 is 0 Å². The molecule has 2 aromatic carbocycles. The maximum atomic E-state index is 9.05. The van der Waals surface area contributed by atoms with E-state index in [1.54, 1.807) is 24.3 Å². The molecule has 0 bridgehead atoms. The second-order valence-electron chi connectivity index (χ2n) is 4.77. The Kier molecular flexibility index (Phi) is 6.17. The lowest BCUT2D eigenvalue weighted by molar-refractivity contribution is 0.281. The van der Waals surface area contributed by atoms with Gasteiger partial charge in [-0.05, 0) is 36.4 Å². The fraction of sp³-hybridized carbons (Fsp3) is 0.250. The third-order valence-electron chi connectivity index (χ3n) is 3.20. The third kappa shape index (κ3) is 4.85. The van der Waals surface area contributed by atoms with E-state index >= 15 is 0 Å². The van der Waals surface area contributed by atoms with Gasteiger partial charge >= 0.3 is 5.69 Å². The third-order valence-corrected chi connectivity index (χ3v) is 3.20. The summed E-state index contributed by atoms with van der Waals surface area (Å²) >= 11 is 0. The van der Waals surface area contributed by atoms with Crippen LogP contribution in [0, 0.1) is 5.39 Å². The lowest BCUT2D eigenvalue weighted by Crippen LogP contribution is -2.29. The SMILES string of the molecule is N#[N+]c1ccc(/N=N/c2ccc(N(CCO)CCO)cc2)cc1. The molecule has 2 rings (SSSR count). The van der Waals surface area contributed by atoms with Gasteiger partial charge in [-0.1, -0.05) is 0 Å². The zero-order valence-corrected chi connectivity index (χ0v) is 12.6. The van der Waals surface area contributed by atoms with Crippen molar-refractivity contribution in [2.75, 3.05) is 31.2 Å². The van der Waals surface area contributed by atoms with Crippen LogP contribution in [0.25, 0.3) is 4.98 Å². The minimum absolute atomic E-state index is 0.0254. The van der Waals surface area contributed by atoms with E-state index in [4.69, 9.17) is 15.6 Å². The molecule has 7 nitrogen and oxygen atoms in total. The Morgan fingerprint density at radius 1 is 0.826 bits per heavy atom. The number of hydrogen-bond acceptors (Lipinski definition) is 6. The summed E-state index contributed by atoms with van der Waals surface area (Å²) in [6.45, 7) is 0.975. The van der Waals surface area contributed by atoms with E-state index in [9.17, 15) is 0 Å². The number of azo groups is 1. The van der Waals surface area contributed by atoms with Gasteiger partial charge in [-0.2, -0.15) is 10.2 Å². The predicted octanol–water partition coefficient (Wildman–Crippen LogP) is 3.38. The summed E-state index contributed by atoms with van der Waals surface area (Å²) in [6.07, 6.45) is 0. The average Bonchev–Trinajstić information content (AvgIpc) is 2.61. The Hall–Kier alpha value is -2.82. The Labute approximate surface area is 134 Å². The first-order valence-corrected chi connectivity index (χ1v) is 7.20. The van der Waals surface area contributed by atoms with E-state index in [2.05, 4.69) is 15.2 Å². The van der Waals surface area contributed by atoms with E-state index in [0.717, 1.165) is 5.69 Å². The molecule has 0 spiro atoms. The molecule has 0 radical (unpaired) electrons. The molecule has 0 atom stereocenters. The molecule has 0 aromatic heterocycles. The molecule has 0 aliphatic carbocycles. The number of aliphatic hydroxyl groups excluding tert-OH is 2. The lowest BCUT2D eigenvalue weighted by Gasteiger charge is -2.22. The molecule has 0 unspecified atom stereocenters. The molecule has 7 heteroatoms. The van der Waals surface area contributed by atoms with Gasteiger partial charge in [0.1, 0.15) is 0 Å². The first kappa shape index (κ1) is 16.5. The first-order valence-electron chi connectivity index (χ1n) is 7.20.